The van der Waals surface area contributed by atoms with Crippen LogP contribution in [0.4, 0.5) is 18.0 Å². The first-order valence-electron chi connectivity index (χ1n) is 16.1. The number of hydrogen-bond donors (Lipinski definition) is 1. The molecule has 4 heterocycles. The quantitative estimate of drug-likeness (QED) is 0.233. The third-order valence-electron chi connectivity index (χ3n) is 8.70. The van der Waals surface area contributed by atoms with Gasteiger partial charge in [-0.15, -0.1) is 0 Å². The van der Waals surface area contributed by atoms with Gasteiger partial charge in [-0.25, -0.2) is 19.7 Å². The number of carbonyl (C=O) groups is 1. The molecule has 0 aliphatic carbocycles. The minimum absolute atomic E-state index is 0.142. The van der Waals surface area contributed by atoms with Crippen molar-refractivity contribution < 1.29 is 27.4 Å². The number of H-pyrrole nitrogens is 1. The number of rotatable bonds is 6. The van der Waals surface area contributed by atoms with Crippen LogP contribution in [0, 0.1) is 11.3 Å². The molecule has 2 aliphatic heterocycles. The number of nitrogens with one attached hydrogen (secondary N) is 1. The van der Waals surface area contributed by atoms with Gasteiger partial charge in [-0.1, -0.05) is 24.3 Å². The van der Waals surface area contributed by atoms with Crippen molar-refractivity contribution in [2.45, 2.75) is 70.3 Å². The molecule has 4 aromatic rings. The molecule has 0 unspecified atom stereocenters. The van der Waals surface area contributed by atoms with Crippen molar-refractivity contribution >= 4 is 17.3 Å². The van der Waals surface area contributed by atoms with Gasteiger partial charge in [0.25, 0.3) is 0 Å². The maximum atomic E-state index is 12.8. The molecule has 0 saturated carbocycles. The van der Waals surface area contributed by atoms with E-state index in [9.17, 15) is 23.2 Å². The van der Waals surface area contributed by atoms with Gasteiger partial charge in [0.2, 0.25) is 0 Å². The zero-order valence-electron chi connectivity index (χ0n) is 27.2. The number of piperidine rings is 2. The maximum absolute atomic E-state index is 12.8. The molecule has 10 nitrogen and oxygen atoms in total. The second-order valence-electron chi connectivity index (χ2n) is 13.4. The summed E-state index contributed by atoms with van der Waals surface area (Å²) in [5, 5.41) is 9.98. The van der Waals surface area contributed by atoms with Gasteiger partial charge in [0.15, 0.2) is 5.65 Å². The van der Waals surface area contributed by atoms with Crippen LogP contribution in [-0.2, 0) is 4.74 Å². The lowest BCUT2D eigenvalue weighted by molar-refractivity contribution is -0.147. The zero-order valence-corrected chi connectivity index (χ0v) is 27.2. The van der Waals surface area contributed by atoms with Crippen molar-refractivity contribution in [1.29, 1.82) is 5.26 Å². The molecule has 0 spiro atoms. The second kappa shape index (κ2) is 13.4. The lowest BCUT2D eigenvalue weighted by Crippen LogP contribution is -2.44. The number of carbonyl (C=O) groups excluding carboxylic acids is 1. The van der Waals surface area contributed by atoms with E-state index in [2.05, 4.69) is 26.0 Å². The van der Waals surface area contributed by atoms with Gasteiger partial charge in [0.1, 0.15) is 41.2 Å². The van der Waals surface area contributed by atoms with Gasteiger partial charge < -0.3 is 19.4 Å². The molecule has 2 saturated heterocycles. The monoisotopic (exact) mass is 661 g/mol. The summed E-state index contributed by atoms with van der Waals surface area (Å²) in [6.45, 7) is 6.53. The van der Waals surface area contributed by atoms with E-state index in [0.717, 1.165) is 11.1 Å². The third kappa shape index (κ3) is 7.87. The molecule has 2 aliphatic rings. The molecule has 2 aromatic heterocycles. The number of imidazole rings is 1. The second-order valence-corrected chi connectivity index (χ2v) is 13.4. The molecule has 1 N–H and O–H groups in total. The summed E-state index contributed by atoms with van der Waals surface area (Å²) in [5.74, 6) is 1.29. The lowest BCUT2D eigenvalue weighted by Gasteiger charge is -2.33. The van der Waals surface area contributed by atoms with E-state index in [1.54, 1.807) is 17.0 Å². The first-order valence-corrected chi connectivity index (χ1v) is 16.1. The van der Waals surface area contributed by atoms with Gasteiger partial charge in [0.05, 0.1) is 17.8 Å². The predicted molar refractivity (Wildman–Crippen MR) is 173 cm³/mol. The van der Waals surface area contributed by atoms with Gasteiger partial charge in [-0.2, -0.15) is 18.4 Å². The van der Waals surface area contributed by atoms with Gasteiger partial charge in [-0.3, -0.25) is 4.90 Å². The molecule has 252 valence electrons. The number of alkyl halides is 3. The summed E-state index contributed by atoms with van der Waals surface area (Å²) in [5.41, 5.74) is 4.15. The van der Waals surface area contributed by atoms with Crippen molar-refractivity contribution in [3.63, 3.8) is 0 Å². The van der Waals surface area contributed by atoms with Crippen LogP contribution in [-0.4, -0.2) is 86.4 Å². The van der Waals surface area contributed by atoms with Gasteiger partial charge in [0, 0.05) is 37.1 Å². The number of halogens is 3. The van der Waals surface area contributed by atoms with Crippen LogP contribution < -0.4 is 4.74 Å². The highest BCUT2D eigenvalue weighted by molar-refractivity contribution is 5.89. The lowest BCUT2D eigenvalue weighted by atomic mass is 9.89. The van der Waals surface area contributed by atoms with Gasteiger partial charge in [-0.05, 0) is 76.4 Å². The highest BCUT2D eigenvalue weighted by Crippen LogP contribution is 2.33. The molecule has 2 fully saturated rings. The molecule has 1 amide bonds. The van der Waals surface area contributed by atoms with Gasteiger partial charge >= 0.3 is 12.3 Å². The van der Waals surface area contributed by atoms with Crippen LogP contribution in [0.5, 0.6) is 5.75 Å². The number of amides is 1. The summed E-state index contributed by atoms with van der Waals surface area (Å²) < 4.78 is 50.0. The average Bonchev–Trinajstić information content (AvgIpc) is 3.49. The normalized spacial score (nSPS) is 17.0. The molecule has 13 heteroatoms. The number of ether oxygens (including phenoxy) is 2. The Balaban J connectivity index is 1.13. The predicted octanol–water partition coefficient (Wildman–Crippen LogP) is 7.08. The van der Waals surface area contributed by atoms with Crippen molar-refractivity contribution in [2.24, 2.45) is 0 Å². The molecule has 0 radical (unpaired) electrons. The van der Waals surface area contributed by atoms with E-state index in [1.165, 1.54) is 11.2 Å². The standard InChI is InChI=1S/C35H38F3N7O3/c1-34(2,3)48-33(46)45-16-12-27(13-17-45)47-28-9-8-25(18-26(28)19-39)29-30-32(41-21-40-29)43-31(42-30)24-6-4-22(5-7-24)23-10-14-44(15-11-23)20-35(36,37)38/h4-9,18,21,23,27H,10-17,20H2,1-3H3,(H,40,41,42,43). The number of hydrogen-bond acceptors (Lipinski definition) is 8. The van der Waals surface area contributed by atoms with E-state index < -0.39 is 18.3 Å². The molecule has 0 atom stereocenters. The number of fused-ring (bicyclic) bond motifs is 1. The highest BCUT2D eigenvalue weighted by atomic mass is 19.4. The third-order valence-corrected chi connectivity index (χ3v) is 8.70. The van der Waals surface area contributed by atoms with E-state index in [-0.39, 0.29) is 18.1 Å². The molecule has 2 aromatic carbocycles. The van der Waals surface area contributed by atoms with Crippen LogP contribution in [0.1, 0.15) is 63.5 Å². The SMILES string of the molecule is CC(C)(C)OC(=O)N1CCC(Oc2ccc(-c3ncnc4nc(-c5ccc(C6CCN(CC(F)(F)F)CC6)cc5)[nH]c34)cc2C#N)CC1. The van der Waals surface area contributed by atoms with Crippen LogP contribution in [0.3, 0.4) is 0 Å². The maximum Gasteiger partial charge on any atom is 0.410 e. The summed E-state index contributed by atoms with van der Waals surface area (Å²) in [4.78, 5) is 32.4. The first kappa shape index (κ1) is 33.2. The zero-order chi connectivity index (χ0) is 34.1. The Morgan fingerprint density at radius 3 is 2.31 bits per heavy atom. The molecular weight excluding hydrogens is 623 g/mol. The number of nitrogens with zero attached hydrogens (tertiary/aromatic N) is 6. The summed E-state index contributed by atoms with van der Waals surface area (Å²) in [7, 11) is 0. The topological polar surface area (TPSA) is 120 Å². The molecule has 6 rings (SSSR count). The largest absolute Gasteiger partial charge is 0.489 e. The van der Waals surface area contributed by atoms with Crippen molar-refractivity contribution in [2.75, 3.05) is 32.7 Å². The Morgan fingerprint density at radius 1 is 0.979 bits per heavy atom. The van der Waals surface area contributed by atoms with Crippen molar-refractivity contribution in [1.82, 2.24) is 29.7 Å². The van der Waals surface area contributed by atoms with E-state index >= 15 is 0 Å². The Morgan fingerprint density at radius 2 is 1.67 bits per heavy atom. The number of nitriles is 1. The van der Waals surface area contributed by atoms with E-state index in [4.69, 9.17) is 9.47 Å². The van der Waals surface area contributed by atoms with Crippen LogP contribution in [0.2, 0.25) is 0 Å². The van der Waals surface area contributed by atoms with Crippen LogP contribution in [0.15, 0.2) is 48.8 Å². The summed E-state index contributed by atoms with van der Waals surface area (Å²) >= 11 is 0. The minimum Gasteiger partial charge on any atom is -0.489 e. The molecular formula is C35H38F3N7O3. The van der Waals surface area contributed by atoms with E-state index in [0.29, 0.717) is 91.4 Å². The van der Waals surface area contributed by atoms with Crippen LogP contribution >= 0.6 is 0 Å². The summed E-state index contributed by atoms with van der Waals surface area (Å²) in [6.07, 6.45) is -0.607. The number of aromatic nitrogens is 4. The fourth-order valence-corrected chi connectivity index (χ4v) is 6.30. The Kier molecular flexibility index (Phi) is 9.29. The number of aromatic amines is 1. The van der Waals surface area contributed by atoms with Crippen molar-refractivity contribution in [3.05, 3.63) is 59.9 Å². The smallest absolute Gasteiger partial charge is 0.410 e. The Hall–Kier alpha value is -4.70. The fourth-order valence-electron chi connectivity index (χ4n) is 6.30. The molecule has 0 bridgehead atoms. The Bertz CT molecular complexity index is 1800. The fraction of sp³-hybridized carbons (Fsp3) is 0.457. The number of likely N-dealkylation sites (tertiary alicyclic amines) is 2. The van der Waals surface area contributed by atoms with E-state index in [1.807, 2.05) is 51.1 Å². The number of benzene rings is 2. The average molecular weight is 662 g/mol. The highest BCUT2D eigenvalue weighted by Gasteiger charge is 2.33. The first-order chi connectivity index (χ1) is 22.8. The minimum atomic E-state index is -4.17. The van der Waals surface area contributed by atoms with Crippen molar-refractivity contribution in [3.8, 4) is 34.5 Å². The summed E-state index contributed by atoms with van der Waals surface area (Å²) in [6, 6.07) is 15.5. The molecule has 48 heavy (non-hydrogen) atoms. The Labute approximate surface area is 276 Å². The van der Waals surface area contributed by atoms with Crippen LogP contribution in [0.25, 0.3) is 33.8 Å².